The number of carboxylic acids is 1. The molecule has 2 heterocycles. The molecular weight excluding hydrogens is 210 g/mol. The van der Waals surface area contributed by atoms with E-state index in [1.54, 1.807) is 11.3 Å². The van der Waals surface area contributed by atoms with Crippen molar-refractivity contribution in [3.63, 3.8) is 0 Å². The van der Waals surface area contributed by atoms with Gasteiger partial charge in [-0.25, -0.2) is 4.79 Å². The summed E-state index contributed by atoms with van der Waals surface area (Å²) in [6.45, 7) is 5.82. The molecule has 1 unspecified atom stereocenters. The average Bonchev–Trinajstić information content (AvgIpc) is 2.75. The second kappa shape index (κ2) is 3.94. The van der Waals surface area contributed by atoms with Crippen LogP contribution in [-0.2, 0) is 0 Å². The summed E-state index contributed by atoms with van der Waals surface area (Å²) >= 11 is 1.65. The summed E-state index contributed by atoms with van der Waals surface area (Å²) in [5, 5.41) is 12.5. The van der Waals surface area contributed by atoms with E-state index in [1.807, 2.05) is 13.8 Å². The first-order chi connectivity index (χ1) is 7.11. The van der Waals surface area contributed by atoms with Gasteiger partial charge < -0.3 is 10.4 Å². The van der Waals surface area contributed by atoms with Gasteiger partial charge >= 0.3 is 5.97 Å². The number of hydrogen-bond acceptors (Lipinski definition) is 3. The van der Waals surface area contributed by atoms with Gasteiger partial charge in [-0.15, -0.1) is 11.3 Å². The van der Waals surface area contributed by atoms with Gasteiger partial charge in [-0.2, -0.15) is 0 Å². The van der Waals surface area contributed by atoms with E-state index in [0.717, 1.165) is 34.8 Å². The van der Waals surface area contributed by atoms with Gasteiger partial charge in [-0.1, -0.05) is 0 Å². The Morgan fingerprint density at radius 3 is 2.80 bits per heavy atom. The highest BCUT2D eigenvalue weighted by Crippen LogP contribution is 2.35. The van der Waals surface area contributed by atoms with Crippen LogP contribution in [0.2, 0.25) is 0 Å². The number of aryl methyl sites for hydroxylation is 1. The number of thiophene rings is 1. The molecule has 15 heavy (non-hydrogen) atoms. The maximum atomic E-state index is 11.2. The molecule has 1 atom stereocenters. The third-order valence-electron chi connectivity index (χ3n) is 3.06. The molecule has 4 heteroatoms. The SMILES string of the molecule is Cc1sc(C2CCNC2)c(C(=O)O)c1C. The van der Waals surface area contributed by atoms with Crippen LogP contribution in [0.5, 0.6) is 0 Å². The zero-order valence-electron chi connectivity index (χ0n) is 8.96. The van der Waals surface area contributed by atoms with E-state index in [1.165, 1.54) is 0 Å². The van der Waals surface area contributed by atoms with Crippen LogP contribution < -0.4 is 5.32 Å². The van der Waals surface area contributed by atoms with Crippen molar-refractivity contribution in [3.8, 4) is 0 Å². The second-order valence-corrected chi connectivity index (χ2v) is 5.27. The van der Waals surface area contributed by atoms with E-state index in [-0.39, 0.29) is 0 Å². The van der Waals surface area contributed by atoms with Crippen molar-refractivity contribution in [2.45, 2.75) is 26.2 Å². The minimum absolute atomic E-state index is 0.397. The normalized spacial score (nSPS) is 20.8. The quantitative estimate of drug-likeness (QED) is 0.810. The standard InChI is InChI=1S/C11H15NO2S/c1-6-7(2)15-10(9(6)11(13)14)8-3-4-12-5-8/h8,12H,3-5H2,1-2H3,(H,13,14). The zero-order chi connectivity index (χ0) is 11.0. The second-order valence-electron chi connectivity index (χ2n) is 4.02. The molecule has 3 nitrogen and oxygen atoms in total. The fraction of sp³-hybridized carbons (Fsp3) is 0.545. The molecule has 0 bridgehead atoms. The molecule has 1 aliphatic heterocycles. The monoisotopic (exact) mass is 225 g/mol. The maximum Gasteiger partial charge on any atom is 0.337 e. The van der Waals surface area contributed by atoms with E-state index in [0.29, 0.717) is 11.5 Å². The highest BCUT2D eigenvalue weighted by molar-refractivity contribution is 7.12. The Morgan fingerprint density at radius 1 is 1.53 bits per heavy atom. The van der Waals surface area contributed by atoms with E-state index < -0.39 is 5.97 Å². The van der Waals surface area contributed by atoms with Gasteiger partial charge in [0.15, 0.2) is 0 Å². The molecule has 82 valence electrons. The highest BCUT2D eigenvalue weighted by atomic mass is 32.1. The Balaban J connectivity index is 2.45. The number of nitrogens with one attached hydrogen (secondary N) is 1. The summed E-state index contributed by atoms with van der Waals surface area (Å²) in [6.07, 6.45) is 1.06. The Kier molecular flexibility index (Phi) is 2.80. The molecule has 1 saturated heterocycles. The van der Waals surface area contributed by atoms with E-state index in [9.17, 15) is 9.90 Å². The molecule has 1 aromatic heterocycles. The van der Waals surface area contributed by atoms with E-state index >= 15 is 0 Å². The van der Waals surface area contributed by atoms with Gasteiger partial charge in [-0.3, -0.25) is 0 Å². The molecule has 0 spiro atoms. The predicted molar refractivity (Wildman–Crippen MR) is 61.0 cm³/mol. The number of rotatable bonds is 2. The maximum absolute atomic E-state index is 11.2. The molecule has 0 saturated carbocycles. The van der Waals surface area contributed by atoms with Crippen LogP contribution in [0.15, 0.2) is 0 Å². The van der Waals surface area contributed by atoms with Crippen molar-refractivity contribution in [2.24, 2.45) is 0 Å². The lowest BCUT2D eigenvalue weighted by atomic mass is 10.0. The van der Waals surface area contributed by atoms with Gasteiger partial charge in [0.25, 0.3) is 0 Å². The molecular formula is C11H15NO2S. The van der Waals surface area contributed by atoms with Crippen molar-refractivity contribution in [1.82, 2.24) is 5.32 Å². The lowest BCUT2D eigenvalue weighted by Crippen LogP contribution is -2.10. The lowest BCUT2D eigenvalue weighted by molar-refractivity contribution is 0.0695. The average molecular weight is 225 g/mol. The number of hydrogen-bond donors (Lipinski definition) is 2. The van der Waals surface area contributed by atoms with Gasteiger partial charge in [-0.05, 0) is 32.4 Å². The van der Waals surface area contributed by atoms with Crippen LogP contribution in [0.25, 0.3) is 0 Å². The van der Waals surface area contributed by atoms with Crippen LogP contribution >= 0.6 is 11.3 Å². The fourth-order valence-electron chi connectivity index (χ4n) is 2.09. The minimum atomic E-state index is -0.779. The first kappa shape index (κ1) is 10.6. The molecule has 2 rings (SSSR count). The van der Waals surface area contributed by atoms with Crippen molar-refractivity contribution >= 4 is 17.3 Å². The van der Waals surface area contributed by atoms with E-state index in [2.05, 4.69) is 5.32 Å². The van der Waals surface area contributed by atoms with Crippen molar-refractivity contribution in [1.29, 1.82) is 0 Å². The molecule has 2 N–H and O–H groups in total. The summed E-state index contributed by atoms with van der Waals surface area (Å²) in [5.41, 5.74) is 1.49. The topological polar surface area (TPSA) is 49.3 Å². The molecule has 0 radical (unpaired) electrons. The molecule has 0 aromatic carbocycles. The minimum Gasteiger partial charge on any atom is -0.478 e. The van der Waals surface area contributed by atoms with Crippen LogP contribution in [0.1, 0.15) is 38.0 Å². The first-order valence-electron chi connectivity index (χ1n) is 5.15. The van der Waals surface area contributed by atoms with Crippen molar-refractivity contribution in [3.05, 3.63) is 20.9 Å². The smallest absolute Gasteiger partial charge is 0.337 e. The first-order valence-corrected chi connectivity index (χ1v) is 5.96. The Morgan fingerprint density at radius 2 is 2.27 bits per heavy atom. The Bertz CT molecular complexity index is 392. The van der Waals surface area contributed by atoms with Gasteiger partial charge in [0.2, 0.25) is 0 Å². The predicted octanol–water partition coefficient (Wildman–Crippen LogP) is 2.14. The van der Waals surface area contributed by atoms with Crippen LogP contribution in [0.3, 0.4) is 0 Å². The van der Waals surface area contributed by atoms with Gasteiger partial charge in [0, 0.05) is 22.2 Å². The molecule has 0 aliphatic carbocycles. The summed E-state index contributed by atoms with van der Waals surface area (Å²) in [4.78, 5) is 13.4. The number of aromatic carboxylic acids is 1. The summed E-state index contributed by atoms with van der Waals surface area (Å²) in [6, 6.07) is 0. The molecule has 0 amide bonds. The fourth-order valence-corrected chi connectivity index (χ4v) is 3.38. The van der Waals surface area contributed by atoms with Crippen LogP contribution in [0, 0.1) is 13.8 Å². The largest absolute Gasteiger partial charge is 0.478 e. The van der Waals surface area contributed by atoms with E-state index in [4.69, 9.17) is 0 Å². The van der Waals surface area contributed by atoms with Gasteiger partial charge in [0.05, 0.1) is 5.56 Å². The number of carboxylic acid groups (broad SMARTS) is 1. The highest BCUT2D eigenvalue weighted by Gasteiger charge is 2.26. The van der Waals surface area contributed by atoms with Crippen molar-refractivity contribution in [2.75, 3.05) is 13.1 Å². The van der Waals surface area contributed by atoms with Crippen LogP contribution in [0.4, 0.5) is 0 Å². The zero-order valence-corrected chi connectivity index (χ0v) is 9.78. The Hall–Kier alpha value is -0.870. The van der Waals surface area contributed by atoms with Gasteiger partial charge in [0.1, 0.15) is 0 Å². The Labute approximate surface area is 93.1 Å². The molecule has 1 aromatic rings. The third kappa shape index (κ3) is 1.79. The molecule has 1 aliphatic rings. The third-order valence-corrected chi connectivity index (χ3v) is 4.43. The summed E-state index contributed by atoms with van der Waals surface area (Å²) in [5.74, 6) is -0.382. The van der Waals surface area contributed by atoms with Crippen LogP contribution in [-0.4, -0.2) is 24.2 Å². The number of carbonyl (C=O) groups is 1. The lowest BCUT2D eigenvalue weighted by Gasteiger charge is -2.07. The molecule has 1 fully saturated rings. The van der Waals surface area contributed by atoms with Crippen molar-refractivity contribution < 1.29 is 9.90 Å². The summed E-state index contributed by atoms with van der Waals surface area (Å²) in [7, 11) is 0. The summed E-state index contributed by atoms with van der Waals surface area (Å²) < 4.78 is 0.